The maximum Gasteiger partial charge on any atom is 0.113 e. The number of rotatable bonds is 4. The van der Waals surface area contributed by atoms with Crippen LogP contribution in [0.1, 0.15) is 41.1 Å². The second kappa shape index (κ2) is 5.24. The zero-order valence-electron chi connectivity index (χ0n) is 11.3. The lowest BCUT2D eigenvalue weighted by molar-refractivity contribution is 0.127. The molecule has 1 unspecified atom stereocenters. The summed E-state index contributed by atoms with van der Waals surface area (Å²) in [5.74, 6) is 0.241. The van der Waals surface area contributed by atoms with Crippen molar-refractivity contribution >= 4 is 11.3 Å². The molecular weight excluding hydrogens is 244 g/mol. The lowest BCUT2D eigenvalue weighted by Gasteiger charge is -2.12. The van der Waals surface area contributed by atoms with E-state index in [4.69, 9.17) is 0 Å². The molecule has 2 rings (SSSR count). The molecule has 0 bridgehead atoms. The highest BCUT2D eigenvalue weighted by Crippen LogP contribution is 2.23. The SMILES string of the molecule is Cc1nc(Cn2ccc(C(O)C(C)C)c2)sc1C. The average Bonchev–Trinajstić information content (AvgIpc) is 2.86. The van der Waals surface area contributed by atoms with Gasteiger partial charge in [0.05, 0.1) is 18.3 Å². The maximum absolute atomic E-state index is 10.00. The largest absolute Gasteiger partial charge is 0.388 e. The van der Waals surface area contributed by atoms with Crippen molar-refractivity contribution in [1.82, 2.24) is 9.55 Å². The molecule has 1 atom stereocenters. The first-order valence-corrected chi connectivity index (χ1v) is 7.05. The second-order valence-corrected chi connectivity index (χ2v) is 6.34. The van der Waals surface area contributed by atoms with Crippen LogP contribution in [0.4, 0.5) is 0 Å². The predicted molar refractivity (Wildman–Crippen MR) is 74.9 cm³/mol. The summed E-state index contributed by atoms with van der Waals surface area (Å²) in [5.41, 5.74) is 2.10. The van der Waals surface area contributed by atoms with Crippen LogP contribution in [0.25, 0.3) is 0 Å². The summed E-state index contributed by atoms with van der Waals surface area (Å²) < 4.78 is 2.08. The lowest BCUT2D eigenvalue weighted by atomic mass is 10.0. The van der Waals surface area contributed by atoms with E-state index in [1.54, 1.807) is 11.3 Å². The van der Waals surface area contributed by atoms with Gasteiger partial charge in [-0.2, -0.15) is 0 Å². The van der Waals surface area contributed by atoms with Gasteiger partial charge in [-0.1, -0.05) is 13.8 Å². The van der Waals surface area contributed by atoms with Crippen LogP contribution in [0.3, 0.4) is 0 Å². The number of thiazole rings is 1. The van der Waals surface area contributed by atoms with Crippen LogP contribution in [0.2, 0.25) is 0 Å². The van der Waals surface area contributed by atoms with Gasteiger partial charge in [0, 0.05) is 17.3 Å². The van der Waals surface area contributed by atoms with E-state index in [1.807, 2.05) is 39.2 Å². The molecule has 2 aromatic rings. The smallest absolute Gasteiger partial charge is 0.113 e. The number of aliphatic hydroxyl groups is 1. The molecule has 2 aromatic heterocycles. The van der Waals surface area contributed by atoms with Gasteiger partial charge in [0.1, 0.15) is 5.01 Å². The molecule has 0 aliphatic heterocycles. The van der Waals surface area contributed by atoms with Crippen LogP contribution in [0.5, 0.6) is 0 Å². The first kappa shape index (κ1) is 13.3. The Balaban J connectivity index is 2.11. The van der Waals surface area contributed by atoms with E-state index in [0.29, 0.717) is 0 Å². The first-order chi connectivity index (χ1) is 8.47. The van der Waals surface area contributed by atoms with Crippen molar-refractivity contribution in [2.75, 3.05) is 0 Å². The minimum Gasteiger partial charge on any atom is -0.388 e. The fraction of sp³-hybridized carbons (Fsp3) is 0.500. The van der Waals surface area contributed by atoms with Gasteiger partial charge in [-0.3, -0.25) is 0 Å². The van der Waals surface area contributed by atoms with Gasteiger partial charge in [-0.15, -0.1) is 11.3 Å². The highest BCUT2D eigenvalue weighted by Gasteiger charge is 2.13. The van der Waals surface area contributed by atoms with Crippen LogP contribution in [0.15, 0.2) is 18.5 Å². The Bertz CT molecular complexity index is 508. The third-order valence-electron chi connectivity index (χ3n) is 3.14. The molecule has 18 heavy (non-hydrogen) atoms. The fourth-order valence-electron chi connectivity index (χ4n) is 1.88. The Morgan fingerprint density at radius 3 is 2.67 bits per heavy atom. The van der Waals surface area contributed by atoms with E-state index in [9.17, 15) is 5.11 Å². The standard InChI is InChI=1S/C14H20N2OS/c1-9(2)14(17)12-5-6-16(7-12)8-13-15-10(3)11(4)18-13/h5-7,9,14,17H,8H2,1-4H3. The molecule has 0 spiro atoms. The van der Waals surface area contributed by atoms with Gasteiger partial charge in [0.15, 0.2) is 0 Å². The van der Waals surface area contributed by atoms with Gasteiger partial charge in [-0.05, 0) is 31.4 Å². The van der Waals surface area contributed by atoms with E-state index >= 15 is 0 Å². The van der Waals surface area contributed by atoms with E-state index in [-0.39, 0.29) is 12.0 Å². The maximum atomic E-state index is 10.00. The van der Waals surface area contributed by atoms with Crippen LogP contribution >= 0.6 is 11.3 Å². The second-order valence-electron chi connectivity index (χ2n) is 5.06. The van der Waals surface area contributed by atoms with E-state index < -0.39 is 0 Å². The molecule has 2 heterocycles. The third-order valence-corrected chi connectivity index (χ3v) is 4.19. The Kier molecular flexibility index (Phi) is 3.88. The molecule has 0 radical (unpaired) electrons. The van der Waals surface area contributed by atoms with Gasteiger partial charge in [0.2, 0.25) is 0 Å². The monoisotopic (exact) mass is 264 g/mol. The zero-order valence-corrected chi connectivity index (χ0v) is 12.2. The molecule has 0 saturated heterocycles. The van der Waals surface area contributed by atoms with Gasteiger partial charge in [0.25, 0.3) is 0 Å². The number of aromatic nitrogens is 2. The van der Waals surface area contributed by atoms with Gasteiger partial charge >= 0.3 is 0 Å². The molecule has 0 saturated carbocycles. The molecule has 0 aliphatic carbocycles. The molecule has 0 aromatic carbocycles. The topological polar surface area (TPSA) is 38.0 Å². The quantitative estimate of drug-likeness (QED) is 0.920. The van der Waals surface area contributed by atoms with E-state index in [2.05, 4.69) is 16.5 Å². The summed E-state index contributed by atoms with van der Waals surface area (Å²) in [6.07, 6.45) is 3.63. The molecule has 0 fully saturated rings. The minimum absolute atomic E-state index is 0.241. The number of hydrogen-bond donors (Lipinski definition) is 1. The first-order valence-electron chi connectivity index (χ1n) is 6.24. The van der Waals surface area contributed by atoms with Gasteiger partial charge < -0.3 is 9.67 Å². The number of aryl methyl sites for hydroxylation is 2. The fourth-order valence-corrected chi connectivity index (χ4v) is 2.82. The van der Waals surface area contributed by atoms with Crippen molar-refractivity contribution in [2.24, 2.45) is 5.92 Å². The molecule has 1 N–H and O–H groups in total. The van der Waals surface area contributed by atoms with Crippen molar-refractivity contribution in [3.05, 3.63) is 39.6 Å². The molecule has 0 amide bonds. The van der Waals surface area contributed by atoms with Crippen LogP contribution in [-0.4, -0.2) is 14.7 Å². The average molecular weight is 264 g/mol. The Hall–Kier alpha value is -1.13. The minimum atomic E-state index is -0.383. The van der Waals surface area contributed by atoms with Crippen LogP contribution in [0, 0.1) is 19.8 Å². The van der Waals surface area contributed by atoms with Crippen LogP contribution in [-0.2, 0) is 6.54 Å². The van der Waals surface area contributed by atoms with Gasteiger partial charge in [-0.25, -0.2) is 4.98 Å². The Morgan fingerprint density at radius 2 is 2.11 bits per heavy atom. The summed E-state index contributed by atoms with van der Waals surface area (Å²) in [5, 5.41) is 11.1. The summed E-state index contributed by atoms with van der Waals surface area (Å²) >= 11 is 1.74. The summed E-state index contributed by atoms with van der Waals surface area (Å²) in [7, 11) is 0. The molecule has 0 aliphatic rings. The van der Waals surface area contributed by atoms with Crippen molar-refractivity contribution in [3.63, 3.8) is 0 Å². The summed E-state index contributed by atoms with van der Waals surface area (Å²) in [6, 6.07) is 1.98. The molecular formula is C14H20N2OS. The van der Waals surface area contributed by atoms with E-state index in [0.717, 1.165) is 22.8 Å². The highest BCUT2D eigenvalue weighted by atomic mass is 32.1. The highest BCUT2D eigenvalue weighted by molar-refractivity contribution is 7.11. The Morgan fingerprint density at radius 1 is 1.39 bits per heavy atom. The van der Waals surface area contributed by atoms with Crippen molar-refractivity contribution in [3.8, 4) is 0 Å². The third kappa shape index (κ3) is 2.82. The number of hydrogen-bond acceptors (Lipinski definition) is 3. The molecule has 98 valence electrons. The van der Waals surface area contributed by atoms with Crippen molar-refractivity contribution < 1.29 is 5.11 Å². The number of aliphatic hydroxyl groups excluding tert-OH is 1. The molecule has 3 nitrogen and oxygen atoms in total. The summed E-state index contributed by atoms with van der Waals surface area (Å²) in [4.78, 5) is 5.81. The van der Waals surface area contributed by atoms with Crippen LogP contribution < -0.4 is 0 Å². The lowest BCUT2D eigenvalue weighted by Crippen LogP contribution is -2.04. The summed E-state index contributed by atoms with van der Waals surface area (Å²) in [6.45, 7) is 8.97. The zero-order chi connectivity index (χ0) is 13.3. The predicted octanol–water partition coefficient (Wildman–Crippen LogP) is 3.30. The number of nitrogens with zero attached hydrogens (tertiary/aromatic N) is 2. The van der Waals surface area contributed by atoms with Crippen molar-refractivity contribution in [1.29, 1.82) is 0 Å². The normalized spacial score (nSPS) is 13.2. The van der Waals surface area contributed by atoms with Crippen molar-refractivity contribution in [2.45, 2.75) is 40.3 Å². The molecule has 4 heteroatoms. The Labute approximate surface area is 112 Å². The van der Waals surface area contributed by atoms with E-state index in [1.165, 1.54) is 4.88 Å².